The average molecular weight is 508 g/mol. The quantitative estimate of drug-likeness (QED) is 0.477. The van der Waals surface area contributed by atoms with Gasteiger partial charge in [0, 0.05) is 64.2 Å². The molecular weight excluding hydrogens is 461 g/mol. The van der Waals surface area contributed by atoms with Crippen LogP contribution in [0.15, 0.2) is 48.8 Å². The first-order valence-electron chi connectivity index (χ1n) is 9.98. The molecule has 1 fully saturated rings. The third-order valence-corrected chi connectivity index (χ3v) is 4.55. The summed E-state index contributed by atoms with van der Waals surface area (Å²) < 4.78 is 5.80. The van der Waals surface area contributed by atoms with Crippen LogP contribution in [0, 0.1) is 0 Å². The molecule has 175 valence electrons. The maximum atomic E-state index is 5.80. The van der Waals surface area contributed by atoms with Crippen molar-refractivity contribution in [3.8, 4) is 0 Å². The second-order valence-corrected chi connectivity index (χ2v) is 7.47. The molecule has 1 saturated heterocycles. The van der Waals surface area contributed by atoms with Crippen LogP contribution in [0.25, 0.3) is 0 Å². The maximum absolute atomic E-state index is 5.80. The molecule has 5 nitrogen and oxygen atoms in total. The van der Waals surface area contributed by atoms with Crippen molar-refractivity contribution in [1.82, 2.24) is 15.3 Å². The molecule has 31 heavy (non-hydrogen) atoms. The van der Waals surface area contributed by atoms with Crippen LogP contribution >= 0.6 is 0 Å². The van der Waals surface area contributed by atoms with E-state index in [2.05, 4.69) is 72.1 Å². The Morgan fingerprint density at radius 2 is 1.48 bits per heavy atom. The molecule has 0 atom stereocenters. The molecule has 0 bridgehead atoms. The molecule has 1 N–H and O–H groups in total. The van der Waals surface area contributed by atoms with Gasteiger partial charge in [0.15, 0.2) is 0 Å². The van der Waals surface area contributed by atoms with Crippen LogP contribution in [0.2, 0.25) is 0 Å². The zero-order chi connectivity index (χ0) is 19.5. The number of hydrogen-bond donors (Lipinski definition) is 1. The Morgan fingerprint density at radius 3 is 1.94 bits per heavy atom. The number of nitrogens with zero attached hydrogens (tertiary/aromatic N) is 3. The van der Waals surface area contributed by atoms with E-state index < -0.39 is 0 Å². The van der Waals surface area contributed by atoms with Gasteiger partial charge in [0.25, 0.3) is 0 Å². The largest absolute Gasteiger partial charge is 0.363 e. The number of hydrogen-bond acceptors (Lipinski definition) is 5. The third kappa shape index (κ3) is 14.0. The first-order valence-corrected chi connectivity index (χ1v) is 9.98. The molecule has 1 radical (unpaired) electrons. The topological polar surface area (TPSA) is 50.3 Å². The van der Waals surface area contributed by atoms with Crippen molar-refractivity contribution in [1.29, 1.82) is 0 Å². The summed E-state index contributed by atoms with van der Waals surface area (Å²) >= 11 is 0. The van der Waals surface area contributed by atoms with Gasteiger partial charge in [-0.2, -0.15) is 0 Å². The first-order chi connectivity index (χ1) is 13.1. The Labute approximate surface area is 217 Å². The van der Waals surface area contributed by atoms with E-state index in [1.807, 2.05) is 12.1 Å². The van der Waals surface area contributed by atoms with Crippen molar-refractivity contribution in [2.24, 2.45) is 0 Å². The predicted molar refractivity (Wildman–Crippen MR) is 132 cm³/mol. The summed E-state index contributed by atoms with van der Waals surface area (Å²) in [7, 11) is 0. The number of anilines is 1. The number of rotatable bonds is 6. The molecule has 0 saturated carbocycles. The molecule has 0 amide bonds. The minimum Gasteiger partial charge on any atom is -0.363 e. The summed E-state index contributed by atoms with van der Waals surface area (Å²) in [6, 6.07) is 12.8. The van der Waals surface area contributed by atoms with Gasteiger partial charge in [0.05, 0.1) is 12.8 Å². The van der Waals surface area contributed by atoms with Crippen LogP contribution in [0.4, 0.5) is 5.95 Å². The van der Waals surface area contributed by atoms with E-state index in [0.29, 0.717) is 24.8 Å². The summed E-state index contributed by atoms with van der Waals surface area (Å²) in [5.41, 5.74) is 1.41. The van der Waals surface area contributed by atoms with E-state index in [1.54, 1.807) is 12.4 Å². The maximum Gasteiger partial charge on any atom is 0.225 e. The Balaban J connectivity index is -0.000000524. The number of piperidine rings is 1. The molecule has 1 aromatic heterocycles. The normalized spacial score (nSPS) is 13.0. The van der Waals surface area contributed by atoms with Crippen molar-refractivity contribution < 1.29 is 37.4 Å². The zero-order valence-corrected chi connectivity index (χ0v) is 20.6. The first kappa shape index (κ1) is 34.7. The van der Waals surface area contributed by atoms with Crippen molar-refractivity contribution in [3.63, 3.8) is 0 Å². The van der Waals surface area contributed by atoms with Gasteiger partial charge in [-0.15, -0.1) is 0 Å². The van der Waals surface area contributed by atoms with Crippen LogP contribution in [0.5, 0.6) is 0 Å². The van der Waals surface area contributed by atoms with E-state index in [-0.39, 0.29) is 55.0 Å². The fourth-order valence-corrected chi connectivity index (χ4v) is 2.85. The minimum atomic E-state index is 0. The van der Waals surface area contributed by atoms with Gasteiger partial charge in [0.1, 0.15) is 0 Å². The van der Waals surface area contributed by atoms with E-state index >= 15 is 0 Å². The summed E-state index contributed by atoms with van der Waals surface area (Å²) in [6.45, 7) is 11.2. The van der Waals surface area contributed by atoms with E-state index in [9.17, 15) is 0 Å². The predicted octanol–water partition coefficient (Wildman–Crippen LogP) is 6.13. The third-order valence-electron chi connectivity index (χ3n) is 4.55. The van der Waals surface area contributed by atoms with Gasteiger partial charge in [-0.1, -0.05) is 66.5 Å². The van der Waals surface area contributed by atoms with Gasteiger partial charge in [-0.3, -0.25) is 5.32 Å². The van der Waals surface area contributed by atoms with Crippen LogP contribution in [0.1, 0.15) is 74.3 Å². The van der Waals surface area contributed by atoms with Crippen molar-refractivity contribution in [2.75, 3.05) is 24.7 Å². The SMILES string of the molecule is C.C.C.CC(C)NCOC1CCN(c2ncccn2)CC1.CC(C)c1ccccc1.[Y]. The summed E-state index contributed by atoms with van der Waals surface area (Å²) in [5.74, 6) is 1.49. The number of nitrogens with one attached hydrogen (secondary N) is 1. The standard InChI is InChI=1S/C13H22N4O.C9H12.3CH4.Y/c1-11(2)16-10-18-12-4-8-17(9-5-12)13-14-6-3-7-15-13;1-8(2)9-6-4-3-5-7-9;;;;/h3,6-7,11-12,16H,4-5,8-10H2,1-2H3;3-8H,1-2H3;3*1H4;. The fraction of sp³-hybridized carbons (Fsp3) is 0.600. The molecular formula is C25H46N4OY. The summed E-state index contributed by atoms with van der Waals surface area (Å²) in [4.78, 5) is 10.8. The van der Waals surface area contributed by atoms with Crippen LogP contribution < -0.4 is 10.2 Å². The summed E-state index contributed by atoms with van der Waals surface area (Å²) in [5, 5.41) is 3.28. The Morgan fingerprint density at radius 1 is 0.935 bits per heavy atom. The summed E-state index contributed by atoms with van der Waals surface area (Å²) in [6.07, 6.45) is 6.02. The molecule has 0 unspecified atom stereocenters. The van der Waals surface area contributed by atoms with E-state index in [0.717, 1.165) is 31.9 Å². The smallest absolute Gasteiger partial charge is 0.225 e. The average Bonchev–Trinajstić information content (AvgIpc) is 2.70. The van der Waals surface area contributed by atoms with Crippen LogP contribution in [-0.4, -0.2) is 41.9 Å². The van der Waals surface area contributed by atoms with E-state index in [4.69, 9.17) is 4.74 Å². The molecule has 2 aromatic rings. The number of aromatic nitrogens is 2. The molecule has 3 rings (SSSR count). The number of ether oxygens (including phenoxy) is 1. The molecule has 0 aliphatic carbocycles. The van der Waals surface area contributed by atoms with Crippen molar-refractivity contribution in [2.45, 2.75) is 80.9 Å². The van der Waals surface area contributed by atoms with Gasteiger partial charge < -0.3 is 9.64 Å². The van der Waals surface area contributed by atoms with Gasteiger partial charge >= 0.3 is 0 Å². The van der Waals surface area contributed by atoms with Crippen molar-refractivity contribution >= 4 is 5.95 Å². The van der Waals surface area contributed by atoms with Gasteiger partial charge in [-0.25, -0.2) is 9.97 Å². The second kappa shape index (κ2) is 19.8. The molecule has 1 aromatic carbocycles. The van der Waals surface area contributed by atoms with Gasteiger partial charge in [0.2, 0.25) is 5.95 Å². The van der Waals surface area contributed by atoms with Gasteiger partial charge in [-0.05, 0) is 44.2 Å². The zero-order valence-electron chi connectivity index (χ0n) is 17.7. The molecule has 6 heteroatoms. The molecule has 0 spiro atoms. The Bertz CT molecular complexity index is 618. The minimum absolute atomic E-state index is 0. The Kier molecular flexibility index (Phi) is 22.2. The van der Waals surface area contributed by atoms with Crippen LogP contribution in [-0.2, 0) is 37.4 Å². The van der Waals surface area contributed by atoms with Crippen LogP contribution in [0.3, 0.4) is 0 Å². The monoisotopic (exact) mass is 507 g/mol. The molecule has 1 aliphatic heterocycles. The number of benzene rings is 1. The fourth-order valence-electron chi connectivity index (χ4n) is 2.85. The molecule has 2 heterocycles. The second-order valence-electron chi connectivity index (χ2n) is 7.47. The molecule has 1 aliphatic rings. The van der Waals surface area contributed by atoms with Crippen molar-refractivity contribution in [3.05, 3.63) is 54.4 Å². The van der Waals surface area contributed by atoms with E-state index in [1.165, 1.54) is 5.56 Å². The Hall–Kier alpha value is -0.876.